The molecule has 1 aliphatic rings. The maximum atomic E-state index is 12.7. The van der Waals surface area contributed by atoms with Gasteiger partial charge >= 0.3 is 0 Å². The van der Waals surface area contributed by atoms with Crippen LogP contribution >= 0.6 is 11.6 Å². The first-order valence-corrected chi connectivity index (χ1v) is 11.0. The van der Waals surface area contributed by atoms with E-state index < -0.39 is 0 Å². The molecule has 1 heterocycles. The Balaban J connectivity index is 1.58. The van der Waals surface area contributed by atoms with Gasteiger partial charge in [0.2, 0.25) is 0 Å². The molecule has 2 aromatic rings. The largest absolute Gasteiger partial charge is 0.371 e. The van der Waals surface area contributed by atoms with Gasteiger partial charge in [-0.1, -0.05) is 44.0 Å². The van der Waals surface area contributed by atoms with Crippen LogP contribution in [0, 0.1) is 5.92 Å². The number of anilines is 1. The number of benzene rings is 2. The molecule has 1 aliphatic heterocycles. The molecule has 0 bridgehead atoms. The van der Waals surface area contributed by atoms with E-state index in [1.165, 1.54) is 0 Å². The molecule has 0 radical (unpaired) electrons. The standard InChI is InChI=1S/C24H30ClN3O2/c1-3-17(2)16-26-24(30)21-6-4-5-7-22(21)28-14-12-20(13-15-28)27-23(29)18-8-10-19(25)11-9-18/h4-11,17,20H,3,12-16H2,1-2H3,(H,26,30)(H,27,29)/t17-/m0/s1. The van der Waals surface area contributed by atoms with E-state index in [0.29, 0.717) is 28.6 Å². The van der Waals surface area contributed by atoms with E-state index in [-0.39, 0.29) is 17.9 Å². The molecule has 0 saturated carbocycles. The molecule has 3 rings (SSSR count). The minimum absolute atomic E-state index is 0.0240. The zero-order valence-corrected chi connectivity index (χ0v) is 18.4. The topological polar surface area (TPSA) is 61.4 Å². The second-order valence-electron chi connectivity index (χ2n) is 7.98. The number of carbonyl (C=O) groups is 2. The fourth-order valence-electron chi connectivity index (χ4n) is 3.58. The van der Waals surface area contributed by atoms with Crippen LogP contribution in [0.1, 0.15) is 53.8 Å². The lowest BCUT2D eigenvalue weighted by atomic mass is 10.0. The summed E-state index contributed by atoms with van der Waals surface area (Å²) in [5, 5.41) is 6.79. The Morgan fingerprint density at radius 1 is 1.07 bits per heavy atom. The summed E-state index contributed by atoms with van der Waals surface area (Å²) in [6.07, 6.45) is 2.71. The lowest BCUT2D eigenvalue weighted by Crippen LogP contribution is -2.45. The van der Waals surface area contributed by atoms with Crippen molar-refractivity contribution in [2.24, 2.45) is 5.92 Å². The summed E-state index contributed by atoms with van der Waals surface area (Å²) in [6.45, 7) is 6.53. The molecule has 0 unspecified atom stereocenters. The molecule has 0 aromatic heterocycles. The summed E-state index contributed by atoms with van der Waals surface area (Å²) in [5.74, 6) is 0.361. The Hall–Kier alpha value is -2.53. The molecular formula is C24H30ClN3O2. The summed E-state index contributed by atoms with van der Waals surface area (Å²) in [6, 6.07) is 14.8. The van der Waals surface area contributed by atoms with Crippen LogP contribution in [-0.2, 0) is 0 Å². The molecule has 160 valence electrons. The van der Waals surface area contributed by atoms with Gasteiger partial charge in [0.05, 0.1) is 5.56 Å². The van der Waals surface area contributed by atoms with Gasteiger partial charge in [0.1, 0.15) is 0 Å². The third-order valence-electron chi connectivity index (χ3n) is 5.73. The second kappa shape index (κ2) is 10.5. The molecule has 1 atom stereocenters. The van der Waals surface area contributed by atoms with E-state index in [9.17, 15) is 9.59 Å². The van der Waals surface area contributed by atoms with Crippen molar-refractivity contribution in [3.63, 3.8) is 0 Å². The lowest BCUT2D eigenvalue weighted by Gasteiger charge is -2.35. The van der Waals surface area contributed by atoms with Crippen molar-refractivity contribution in [2.75, 3.05) is 24.5 Å². The molecular weight excluding hydrogens is 398 g/mol. The van der Waals surface area contributed by atoms with Gasteiger partial charge in [-0.25, -0.2) is 0 Å². The Morgan fingerprint density at radius 3 is 2.40 bits per heavy atom. The van der Waals surface area contributed by atoms with Crippen LogP contribution in [0.3, 0.4) is 0 Å². The van der Waals surface area contributed by atoms with Gasteiger partial charge in [0, 0.05) is 41.9 Å². The smallest absolute Gasteiger partial charge is 0.253 e. The number of para-hydroxylation sites is 1. The number of nitrogens with zero attached hydrogens (tertiary/aromatic N) is 1. The average Bonchev–Trinajstić information content (AvgIpc) is 2.78. The van der Waals surface area contributed by atoms with Gasteiger partial charge in [-0.05, 0) is 55.2 Å². The highest BCUT2D eigenvalue weighted by molar-refractivity contribution is 6.30. The number of carbonyl (C=O) groups excluding carboxylic acids is 2. The van der Waals surface area contributed by atoms with E-state index >= 15 is 0 Å². The molecule has 1 fully saturated rings. The SMILES string of the molecule is CC[C@H](C)CNC(=O)c1ccccc1N1CCC(NC(=O)c2ccc(Cl)cc2)CC1. The van der Waals surface area contributed by atoms with Crippen molar-refractivity contribution in [3.05, 3.63) is 64.7 Å². The van der Waals surface area contributed by atoms with E-state index in [4.69, 9.17) is 11.6 Å². The van der Waals surface area contributed by atoms with Gasteiger partial charge in [0.15, 0.2) is 0 Å². The van der Waals surface area contributed by atoms with Crippen molar-refractivity contribution in [2.45, 2.75) is 39.2 Å². The first-order chi connectivity index (χ1) is 14.5. The Morgan fingerprint density at radius 2 is 1.73 bits per heavy atom. The average molecular weight is 428 g/mol. The minimum atomic E-state index is -0.0741. The zero-order valence-electron chi connectivity index (χ0n) is 17.7. The van der Waals surface area contributed by atoms with Gasteiger partial charge in [-0.3, -0.25) is 9.59 Å². The summed E-state index contributed by atoms with van der Waals surface area (Å²) in [7, 11) is 0. The summed E-state index contributed by atoms with van der Waals surface area (Å²) in [4.78, 5) is 27.4. The second-order valence-corrected chi connectivity index (χ2v) is 8.42. The number of halogens is 1. The van der Waals surface area contributed by atoms with Crippen molar-refractivity contribution < 1.29 is 9.59 Å². The van der Waals surface area contributed by atoms with E-state index in [1.807, 2.05) is 24.3 Å². The molecule has 2 amide bonds. The first kappa shape index (κ1) is 22.2. The van der Waals surface area contributed by atoms with Crippen LogP contribution in [0.5, 0.6) is 0 Å². The minimum Gasteiger partial charge on any atom is -0.371 e. The molecule has 5 nitrogen and oxygen atoms in total. The first-order valence-electron chi connectivity index (χ1n) is 10.7. The van der Waals surface area contributed by atoms with Crippen LogP contribution < -0.4 is 15.5 Å². The maximum absolute atomic E-state index is 12.7. The highest BCUT2D eigenvalue weighted by Crippen LogP contribution is 2.24. The third-order valence-corrected chi connectivity index (χ3v) is 5.99. The number of amides is 2. The van der Waals surface area contributed by atoms with Crippen LogP contribution in [0.2, 0.25) is 5.02 Å². The monoisotopic (exact) mass is 427 g/mol. The van der Waals surface area contributed by atoms with Crippen LogP contribution in [0.4, 0.5) is 5.69 Å². The number of piperidine rings is 1. The maximum Gasteiger partial charge on any atom is 0.253 e. The van der Waals surface area contributed by atoms with E-state index in [1.54, 1.807) is 24.3 Å². The number of nitrogens with one attached hydrogen (secondary N) is 2. The predicted molar refractivity (Wildman–Crippen MR) is 122 cm³/mol. The van der Waals surface area contributed by atoms with Crippen LogP contribution in [0.25, 0.3) is 0 Å². The van der Waals surface area contributed by atoms with Gasteiger partial charge in [-0.2, -0.15) is 0 Å². The van der Waals surface area contributed by atoms with E-state index in [0.717, 1.165) is 38.0 Å². The quantitative estimate of drug-likeness (QED) is 0.683. The van der Waals surface area contributed by atoms with Gasteiger partial charge < -0.3 is 15.5 Å². The van der Waals surface area contributed by atoms with Crippen molar-refractivity contribution in [1.29, 1.82) is 0 Å². The molecule has 0 aliphatic carbocycles. The van der Waals surface area contributed by atoms with Gasteiger partial charge in [0.25, 0.3) is 11.8 Å². The van der Waals surface area contributed by atoms with Crippen LogP contribution in [-0.4, -0.2) is 37.5 Å². The number of rotatable bonds is 7. The lowest BCUT2D eigenvalue weighted by molar-refractivity contribution is 0.0929. The molecule has 6 heteroatoms. The van der Waals surface area contributed by atoms with Gasteiger partial charge in [-0.15, -0.1) is 0 Å². The Labute approximate surface area is 183 Å². The predicted octanol–water partition coefficient (Wildman–Crippen LogP) is 4.51. The molecule has 2 N–H and O–H groups in total. The number of hydrogen-bond acceptors (Lipinski definition) is 3. The van der Waals surface area contributed by atoms with Crippen molar-refractivity contribution in [3.8, 4) is 0 Å². The fraction of sp³-hybridized carbons (Fsp3) is 0.417. The Bertz CT molecular complexity index is 861. The highest BCUT2D eigenvalue weighted by Gasteiger charge is 2.24. The molecule has 1 saturated heterocycles. The number of hydrogen-bond donors (Lipinski definition) is 2. The third kappa shape index (κ3) is 5.76. The van der Waals surface area contributed by atoms with Crippen molar-refractivity contribution >= 4 is 29.1 Å². The normalized spacial score (nSPS) is 15.5. The van der Waals surface area contributed by atoms with Crippen LogP contribution in [0.15, 0.2) is 48.5 Å². The fourth-order valence-corrected chi connectivity index (χ4v) is 3.71. The molecule has 0 spiro atoms. The summed E-state index contributed by atoms with van der Waals surface area (Å²) in [5.41, 5.74) is 2.29. The van der Waals surface area contributed by atoms with E-state index in [2.05, 4.69) is 29.4 Å². The highest BCUT2D eigenvalue weighted by atomic mass is 35.5. The molecule has 30 heavy (non-hydrogen) atoms. The Kier molecular flexibility index (Phi) is 7.75. The van der Waals surface area contributed by atoms with Crippen molar-refractivity contribution in [1.82, 2.24) is 10.6 Å². The summed E-state index contributed by atoms with van der Waals surface area (Å²) >= 11 is 5.89. The molecule has 2 aromatic carbocycles. The summed E-state index contributed by atoms with van der Waals surface area (Å²) < 4.78 is 0. The zero-order chi connectivity index (χ0) is 21.5.